The van der Waals surface area contributed by atoms with E-state index in [2.05, 4.69) is 39.9 Å². The van der Waals surface area contributed by atoms with Crippen LogP contribution in [0.1, 0.15) is 29.3 Å². The summed E-state index contributed by atoms with van der Waals surface area (Å²) in [6.07, 6.45) is 3.17. The van der Waals surface area contributed by atoms with E-state index in [1.54, 1.807) is 12.1 Å². The van der Waals surface area contributed by atoms with Gasteiger partial charge >= 0.3 is 0 Å². The fourth-order valence-electron chi connectivity index (χ4n) is 4.43. The summed E-state index contributed by atoms with van der Waals surface area (Å²) >= 11 is 0. The third kappa shape index (κ3) is 4.39. The highest BCUT2D eigenvalue weighted by atomic mass is 19.1. The maximum atomic E-state index is 14.1. The van der Waals surface area contributed by atoms with Crippen molar-refractivity contribution in [2.45, 2.75) is 25.6 Å². The average Bonchev–Trinajstić information content (AvgIpc) is 3.16. The minimum absolute atomic E-state index is 0.00639. The summed E-state index contributed by atoms with van der Waals surface area (Å²) in [5.74, 6) is 1.45. The molecule has 1 atom stereocenters. The minimum Gasteiger partial charge on any atom is -0.457 e. The second-order valence-electron chi connectivity index (χ2n) is 7.97. The molecule has 1 aliphatic rings. The van der Waals surface area contributed by atoms with Gasteiger partial charge in [-0.25, -0.2) is 4.39 Å². The lowest BCUT2D eigenvalue weighted by molar-refractivity contribution is 0.220. The summed E-state index contributed by atoms with van der Waals surface area (Å²) in [5.41, 5.74) is 3.37. The van der Waals surface area contributed by atoms with Crippen LogP contribution in [0.4, 0.5) is 4.39 Å². The first-order chi connectivity index (χ1) is 15.3. The molecular formula is C27H25FN2O. The first kappa shape index (κ1) is 19.6. The van der Waals surface area contributed by atoms with Gasteiger partial charge in [0.15, 0.2) is 0 Å². The van der Waals surface area contributed by atoms with Gasteiger partial charge in [-0.2, -0.15) is 0 Å². The lowest BCUT2D eigenvalue weighted by atomic mass is 10.0. The number of rotatable bonds is 5. The molecule has 0 radical (unpaired) electrons. The summed E-state index contributed by atoms with van der Waals surface area (Å²) in [4.78, 5) is 2.44. The van der Waals surface area contributed by atoms with Crippen LogP contribution in [-0.4, -0.2) is 16.0 Å². The predicted molar refractivity (Wildman–Crippen MR) is 121 cm³/mol. The van der Waals surface area contributed by atoms with Gasteiger partial charge in [-0.05, 0) is 66.1 Å². The van der Waals surface area contributed by atoms with Crippen molar-refractivity contribution in [1.82, 2.24) is 9.47 Å². The molecule has 0 fully saturated rings. The van der Waals surface area contributed by atoms with Gasteiger partial charge in [-0.15, -0.1) is 0 Å². The third-order valence-corrected chi connectivity index (χ3v) is 5.78. The minimum atomic E-state index is -0.196. The highest BCUT2D eigenvalue weighted by Crippen LogP contribution is 2.34. The molecule has 0 bridgehead atoms. The molecule has 0 saturated carbocycles. The number of halogens is 1. The second-order valence-corrected chi connectivity index (χ2v) is 7.97. The summed E-state index contributed by atoms with van der Waals surface area (Å²) in [6, 6.07) is 29.3. The Morgan fingerprint density at radius 1 is 0.806 bits per heavy atom. The van der Waals surface area contributed by atoms with Crippen molar-refractivity contribution in [3.8, 4) is 11.5 Å². The van der Waals surface area contributed by atoms with Gasteiger partial charge in [-0.3, -0.25) is 4.90 Å². The largest absolute Gasteiger partial charge is 0.457 e. The Kier molecular flexibility index (Phi) is 5.55. The molecule has 0 unspecified atom stereocenters. The number of para-hydroxylation sites is 1. The third-order valence-electron chi connectivity index (χ3n) is 5.78. The number of hydrogen-bond acceptors (Lipinski definition) is 2. The van der Waals surface area contributed by atoms with E-state index in [4.69, 9.17) is 4.74 Å². The Morgan fingerprint density at radius 2 is 1.65 bits per heavy atom. The zero-order valence-electron chi connectivity index (χ0n) is 17.3. The topological polar surface area (TPSA) is 17.4 Å². The van der Waals surface area contributed by atoms with Crippen molar-refractivity contribution in [2.75, 3.05) is 6.54 Å². The Hall–Kier alpha value is -3.37. The van der Waals surface area contributed by atoms with Gasteiger partial charge in [0, 0.05) is 31.5 Å². The molecule has 0 amide bonds. The number of hydrogen-bond donors (Lipinski definition) is 0. The van der Waals surface area contributed by atoms with Crippen molar-refractivity contribution in [3.63, 3.8) is 0 Å². The van der Waals surface area contributed by atoms with Crippen molar-refractivity contribution < 1.29 is 9.13 Å². The van der Waals surface area contributed by atoms with E-state index in [9.17, 15) is 4.39 Å². The number of fused-ring (bicyclic) bond motifs is 1. The highest BCUT2D eigenvalue weighted by molar-refractivity contribution is 5.35. The number of ether oxygens (including phenoxy) is 1. The summed E-state index contributed by atoms with van der Waals surface area (Å²) in [5, 5.41) is 0. The number of benzene rings is 3. The quantitative estimate of drug-likeness (QED) is 0.377. The van der Waals surface area contributed by atoms with E-state index in [0.717, 1.165) is 43.1 Å². The molecule has 156 valence electrons. The molecule has 0 aliphatic carbocycles. The van der Waals surface area contributed by atoms with E-state index in [1.165, 1.54) is 17.3 Å². The molecule has 0 saturated heterocycles. The molecule has 1 aromatic heterocycles. The first-order valence-corrected chi connectivity index (χ1v) is 10.7. The van der Waals surface area contributed by atoms with E-state index in [0.29, 0.717) is 0 Å². The molecule has 3 aromatic carbocycles. The van der Waals surface area contributed by atoms with Gasteiger partial charge in [-0.1, -0.05) is 42.5 Å². The van der Waals surface area contributed by atoms with Gasteiger partial charge in [0.25, 0.3) is 0 Å². The zero-order chi connectivity index (χ0) is 21.0. The van der Waals surface area contributed by atoms with E-state index in [1.807, 2.05) is 48.5 Å². The fourth-order valence-corrected chi connectivity index (χ4v) is 4.43. The molecule has 5 rings (SSSR count). The molecule has 3 nitrogen and oxygen atoms in total. The lowest BCUT2D eigenvalue weighted by Crippen LogP contribution is -2.29. The predicted octanol–water partition coefficient (Wildman–Crippen LogP) is 6.41. The molecule has 1 aliphatic heterocycles. The molecule has 0 N–H and O–H groups in total. The fraction of sp³-hybridized carbons (Fsp3) is 0.185. The molecule has 4 aromatic rings. The molecule has 2 heterocycles. The van der Waals surface area contributed by atoms with E-state index >= 15 is 0 Å². The SMILES string of the molecule is Fc1cccc([C@@H]2c3cccn3CCCN2Cc2cccc(Oc3ccccc3)c2)c1. The molecule has 4 heteroatoms. The number of aromatic nitrogens is 1. The Morgan fingerprint density at radius 3 is 2.52 bits per heavy atom. The van der Waals surface area contributed by atoms with E-state index in [-0.39, 0.29) is 11.9 Å². The first-order valence-electron chi connectivity index (χ1n) is 10.7. The monoisotopic (exact) mass is 412 g/mol. The van der Waals surface area contributed by atoms with Crippen LogP contribution in [0.2, 0.25) is 0 Å². The Labute approximate surface area is 182 Å². The van der Waals surface area contributed by atoms with Gasteiger partial charge < -0.3 is 9.30 Å². The average molecular weight is 413 g/mol. The molecular weight excluding hydrogens is 387 g/mol. The van der Waals surface area contributed by atoms with Crippen LogP contribution in [0.25, 0.3) is 0 Å². The van der Waals surface area contributed by atoms with Crippen molar-refractivity contribution in [3.05, 3.63) is 120 Å². The van der Waals surface area contributed by atoms with Crippen molar-refractivity contribution >= 4 is 0 Å². The van der Waals surface area contributed by atoms with Crippen LogP contribution >= 0.6 is 0 Å². The Balaban J connectivity index is 1.45. The molecule has 0 spiro atoms. The zero-order valence-corrected chi connectivity index (χ0v) is 17.3. The summed E-state index contributed by atoms with van der Waals surface area (Å²) < 4.78 is 22.4. The van der Waals surface area contributed by atoms with Crippen LogP contribution in [0.15, 0.2) is 97.2 Å². The van der Waals surface area contributed by atoms with E-state index < -0.39 is 0 Å². The lowest BCUT2D eigenvalue weighted by Gasteiger charge is -2.31. The van der Waals surface area contributed by atoms with Crippen LogP contribution in [0.3, 0.4) is 0 Å². The van der Waals surface area contributed by atoms with Crippen LogP contribution < -0.4 is 4.74 Å². The van der Waals surface area contributed by atoms with Crippen LogP contribution in [0, 0.1) is 5.82 Å². The smallest absolute Gasteiger partial charge is 0.127 e. The maximum absolute atomic E-state index is 14.1. The van der Waals surface area contributed by atoms with Crippen molar-refractivity contribution in [1.29, 1.82) is 0 Å². The summed E-state index contributed by atoms with van der Waals surface area (Å²) in [7, 11) is 0. The van der Waals surface area contributed by atoms with Crippen molar-refractivity contribution in [2.24, 2.45) is 0 Å². The number of nitrogens with zero attached hydrogens (tertiary/aromatic N) is 2. The standard InChI is InChI=1S/C27H25FN2O/c28-23-10-5-9-22(19-23)27-26-14-6-15-29(26)16-7-17-30(27)20-21-8-4-13-25(18-21)31-24-11-2-1-3-12-24/h1-6,8-15,18-19,27H,7,16-17,20H2/t27-/m1/s1. The maximum Gasteiger partial charge on any atom is 0.127 e. The van der Waals surface area contributed by atoms with Crippen LogP contribution in [0.5, 0.6) is 11.5 Å². The van der Waals surface area contributed by atoms with Gasteiger partial charge in [0.1, 0.15) is 17.3 Å². The van der Waals surface area contributed by atoms with Crippen LogP contribution in [-0.2, 0) is 13.1 Å². The summed E-state index contributed by atoms with van der Waals surface area (Å²) in [6.45, 7) is 2.67. The van der Waals surface area contributed by atoms with Gasteiger partial charge in [0.05, 0.1) is 6.04 Å². The highest BCUT2D eigenvalue weighted by Gasteiger charge is 2.27. The van der Waals surface area contributed by atoms with Gasteiger partial charge in [0.2, 0.25) is 0 Å². The second kappa shape index (κ2) is 8.78. The Bertz CT molecular complexity index is 1150. The molecule has 31 heavy (non-hydrogen) atoms. The number of aryl methyl sites for hydroxylation is 1. The normalized spacial score (nSPS) is 16.5.